The van der Waals surface area contributed by atoms with Gasteiger partial charge in [0.2, 0.25) is 21.8 Å². The summed E-state index contributed by atoms with van der Waals surface area (Å²) >= 11 is 0. The summed E-state index contributed by atoms with van der Waals surface area (Å²) in [5.74, 6) is -1.49. The van der Waals surface area contributed by atoms with Crippen LogP contribution < -0.4 is 9.62 Å². The molecule has 7 nitrogen and oxygen atoms in total. The molecular weight excluding hydrogens is 445 g/mol. The smallest absolute Gasteiger partial charge is 0.244 e. The molecule has 2 aromatic carbocycles. The quantitative estimate of drug-likeness (QED) is 0.569. The molecule has 0 bridgehead atoms. The van der Waals surface area contributed by atoms with E-state index in [2.05, 4.69) is 5.32 Å². The molecule has 0 saturated carbocycles. The number of rotatable bonds is 10. The summed E-state index contributed by atoms with van der Waals surface area (Å²) < 4.78 is 39.6. The van der Waals surface area contributed by atoms with Gasteiger partial charge in [-0.25, -0.2) is 12.8 Å². The van der Waals surface area contributed by atoms with Crippen LogP contribution in [0.5, 0.6) is 0 Å². The van der Waals surface area contributed by atoms with Crippen LogP contribution in [0.4, 0.5) is 10.1 Å². The first-order chi connectivity index (χ1) is 15.4. The minimum absolute atomic E-state index is 0.0429. The maximum Gasteiger partial charge on any atom is 0.244 e. The zero-order valence-corrected chi connectivity index (χ0v) is 20.5. The average molecular weight is 478 g/mol. The van der Waals surface area contributed by atoms with E-state index in [1.165, 1.54) is 23.1 Å². The Labute approximate surface area is 195 Å². The van der Waals surface area contributed by atoms with Gasteiger partial charge in [-0.1, -0.05) is 37.3 Å². The van der Waals surface area contributed by atoms with Crippen molar-refractivity contribution in [2.75, 3.05) is 17.1 Å². The number of anilines is 1. The second-order valence-electron chi connectivity index (χ2n) is 8.28. The van der Waals surface area contributed by atoms with Crippen molar-refractivity contribution in [3.8, 4) is 0 Å². The van der Waals surface area contributed by atoms with Crippen LogP contribution in [0.1, 0.15) is 38.3 Å². The van der Waals surface area contributed by atoms with Gasteiger partial charge in [-0.15, -0.1) is 0 Å². The van der Waals surface area contributed by atoms with Crippen LogP contribution >= 0.6 is 0 Å². The lowest BCUT2D eigenvalue weighted by Gasteiger charge is -2.33. The van der Waals surface area contributed by atoms with Crippen LogP contribution in [0, 0.1) is 12.7 Å². The van der Waals surface area contributed by atoms with Gasteiger partial charge in [0.05, 0.1) is 11.9 Å². The van der Waals surface area contributed by atoms with E-state index >= 15 is 0 Å². The fraction of sp³-hybridized carbons (Fsp3) is 0.417. The number of carbonyl (C=O) groups excluding carboxylic acids is 2. The van der Waals surface area contributed by atoms with Crippen molar-refractivity contribution in [3.05, 3.63) is 65.5 Å². The van der Waals surface area contributed by atoms with Crippen LogP contribution in [0.25, 0.3) is 0 Å². The van der Waals surface area contributed by atoms with E-state index in [1.807, 2.05) is 45.0 Å². The molecule has 0 aliphatic carbocycles. The van der Waals surface area contributed by atoms with Crippen molar-refractivity contribution in [3.63, 3.8) is 0 Å². The Bertz CT molecular complexity index is 1090. The first kappa shape index (κ1) is 26.3. The lowest BCUT2D eigenvalue weighted by Crippen LogP contribution is -2.53. The van der Waals surface area contributed by atoms with E-state index in [4.69, 9.17) is 0 Å². The molecule has 0 aliphatic rings. The molecule has 180 valence electrons. The van der Waals surface area contributed by atoms with Crippen molar-refractivity contribution in [1.82, 2.24) is 10.2 Å². The first-order valence-electron chi connectivity index (χ1n) is 10.8. The summed E-state index contributed by atoms with van der Waals surface area (Å²) in [5.41, 5.74) is 1.83. The first-order valence-corrected chi connectivity index (χ1v) is 12.7. The van der Waals surface area contributed by atoms with Gasteiger partial charge in [-0.05, 0) is 56.5 Å². The highest BCUT2D eigenvalue weighted by atomic mass is 32.2. The van der Waals surface area contributed by atoms with Gasteiger partial charge in [0.1, 0.15) is 18.4 Å². The Morgan fingerprint density at radius 3 is 2.30 bits per heavy atom. The van der Waals surface area contributed by atoms with E-state index in [-0.39, 0.29) is 24.2 Å². The van der Waals surface area contributed by atoms with Crippen molar-refractivity contribution < 1.29 is 22.4 Å². The summed E-state index contributed by atoms with van der Waals surface area (Å²) in [5, 5.41) is 2.84. The molecule has 0 unspecified atom stereocenters. The molecule has 0 radical (unpaired) electrons. The van der Waals surface area contributed by atoms with E-state index in [9.17, 15) is 22.4 Å². The fourth-order valence-electron chi connectivity index (χ4n) is 3.52. The van der Waals surface area contributed by atoms with Gasteiger partial charge in [0.25, 0.3) is 0 Å². The molecule has 0 fully saturated rings. The van der Waals surface area contributed by atoms with Gasteiger partial charge < -0.3 is 10.2 Å². The molecule has 0 aliphatic heterocycles. The van der Waals surface area contributed by atoms with Crippen LogP contribution in [-0.4, -0.2) is 50.0 Å². The van der Waals surface area contributed by atoms with Crippen molar-refractivity contribution in [2.24, 2.45) is 0 Å². The highest BCUT2D eigenvalue weighted by molar-refractivity contribution is 7.92. The predicted molar refractivity (Wildman–Crippen MR) is 128 cm³/mol. The number of hydrogen-bond acceptors (Lipinski definition) is 4. The Kier molecular flexibility index (Phi) is 8.99. The summed E-state index contributed by atoms with van der Waals surface area (Å²) in [7, 11) is -3.90. The average Bonchev–Trinajstić information content (AvgIpc) is 2.71. The van der Waals surface area contributed by atoms with Crippen molar-refractivity contribution >= 4 is 27.5 Å². The fourth-order valence-corrected chi connectivity index (χ4v) is 4.36. The number of nitrogens with one attached hydrogen (secondary N) is 1. The standard InChI is InChI=1S/C24H32FN3O4S/c1-6-22(24(30)26-17(2)3)27(15-19-11-8-7-10-18(19)4)23(29)16-28(33(5,31)32)21-13-9-12-20(25)14-21/h7-14,17,22H,6,15-16H2,1-5H3,(H,26,30)/t22-/m1/s1. The third kappa shape index (κ3) is 7.28. The second kappa shape index (κ2) is 11.3. The molecule has 2 rings (SSSR count). The highest BCUT2D eigenvalue weighted by Crippen LogP contribution is 2.21. The minimum atomic E-state index is -3.90. The van der Waals surface area contributed by atoms with Gasteiger partial charge in [-0.3, -0.25) is 13.9 Å². The summed E-state index contributed by atoms with van der Waals surface area (Å²) in [6.07, 6.45) is 1.30. The SMILES string of the molecule is CC[C@H](C(=O)NC(C)C)N(Cc1ccccc1C)C(=O)CN(c1cccc(F)c1)S(C)(=O)=O. The summed E-state index contributed by atoms with van der Waals surface area (Å²) in [6.45, 7) is 6.93. The maximum atomic E-state index is 13.8. The molecule has 2 amide bonds. The van der Waals surface area contributed by atoms with Gasteiger partial charge in [-0.2, -0.15) is 0 Å². The van der Waals surface area contributed by atoms with Crippen LogP contribution in [0.2, 0.25) is 0 Å². The number of amides is 2. The largest absolute Gasteiger partial charge is 0.352 e. The Hall–Kier alpha value is -2.94. The number of hydrogen-bond donors (Lipinski definition) is 1. The number of halogens is 1. The number of sulfonamides is 1. The van der Waals surface area contributed by atoms with E-state index in [0.29, 0.717) is 6.42 Å². The zero-order chi connectivity index (χ0) is 24.8. The second-order valence-corrected chi connectivity index (χ2v) is 10.2. The number of nitrogens with zero attached hydrogens (tertiary/aromatic N) is 2. The summed E-state index contributed by atoms with van der Waals surface area (Å²) in [4.78, 5) is 27.8. The van der Waals surface area contributed by atoms with Crippen LogP contribution in [0.15, 0.2) is 48.5 Å². The monoisotopic (exact) mass is 477 g/mol. The lowest BCUT2D eigenvalue weighted by atomic mass is 10.1. The molecule has 0 spiro atoms. The number of carbonyl (C=O) groups is 2. The third-order valence-corrected chi connectivity index (χ3v) is 6.33. The Balaban J connectivity index is 2.46. The van der Waals surface area contributed by atoms with E-state index < -0.39 is 34.3 Å². The van der Waals surface area contributed by atoms with E-state index in [1.54, 1.807) is 6.92 Å². The minimum Gasteiger partial charge on any atom is -0.352 e. The van der Waals surface area contributed by atoms with Crippen molar-refractivity contribution in [1.29, 1.82) is 0 Å². The molecule has 2 aromatic rings. The molecule has 9 heteroatoms. The molecule has 0 aromatic heterocycles. The number of aryl methyl sites for hydroxylation is 1. The van der Waals surface area contributed by atoms with Gasteiger partial charge >= 0.3 is 0 Å². The lowest BCUT2D eigenvalue weighted by molar-refractivity contribution is -0.140. The molecule has 33 heavy (non-hydrogen) atoms. The number of benzene rings is 2. The zero-order valence-electron chi connectivity index (χ0n) is 19.7. The summed E-state index contributed by atoms with van der Waals surface area (Å²) in [6, 6.07) is 11.6. The van der Waals surface area contributed by atoms with E-state index in [0.717, 1.165) is 27.8 Å². The highest BCUT2D eigenvalue weighted by Gasteiger charge is 2.32. The van der Waals surface area contributed by atoms with Crippen LogP contribution in [0.3, 0.4) is 0 Å². The third-order valence-electron chi connectivity index (χ3n) is 5.19. The topological polar surface area (TPSA) is 86.8 Å². The predicted octanol–water partition coefficient (Wildman–Crippen LogP) is 3.23. The van der Waals surface area contributed by atoms with Crippen LogP contribution in [-0.2, 0) is 26.2 Å². The maximum absolute atomic E-state index is 13.8. The Morgan fingerprint density at radius 1 is 1.09 bits per heavy atom. The van der Waals surface area contributed by atoms with Crippen molar-refractivity contribution in [2.45, 2.75) is 52.7 Å². The normalized spacial score (nSPS) is 12.3. The molecule has 1 N–H and O–H groups in total. The Morgan fingerprint density at radius 2 is 1.76 bits per heavy atom. The molecule has 1 atom stereocenters. The molecular formula is C24H32FN3O4S. The van der Waals surface area contributed by atoms with Gasteiger partial charge in [0.15, 0.2) is 0 Å². The molecule has 0 saturated heterocycles. The molecule has 0 heterocycles. The van der Waals surface area contributed by atoms with Gasteiger partial charge in [0, 0.05) is 12.6 Å².